The molecule has 0 saturated heterocycles. The van der Waals surface area contributed by atoms with Gasteiger partial charge in [-0.2, -0.15) is 13.2 Å². The molecule has 33 heavy (non-hydrogen) atoms. The molecule has 0 aromatic heterocycles. The molecule has 1 unspecified atom stereocenters. The summed E-state index contributed by atoms with van der Waals surface area (Å²) in [5.74, 6) is -0.421. The molecule has 1 aliphatic rings. The average Bonchev–Trinajstić information content (AvgIpc) is 3.64. The van der Waals surface area contributed by atoms with Gasteiger partial charge in [0.2, 0.25) is 5.91 Å². The third-order valence-electron chi connectivity index (χ3n) is 5.26. The topological polar surface area (TPSA) is 70.2 Å². The largest absolute Gasteiger partial charge is 0.416 e. The minimum atomic E-state index is -4.51. The fourth-order valence-electron chi connectivity index (χ4n) is 3.34. The van der Waals surface area contributed by atoms with Crippen LogP contribution in [0.4, 0.5) is 30.2 Å². The summed E-state index contributed by atoms with van der Waals surface area (Å²) in [6.07, 6.45) is -2.69. The lowest BCUT2D eigenvalue weighted by atomic mass is 10.1. The van der Waals surface area contributed by atoms with Gasteiger partial charge in [-0.25, -0.2) is 0 Å². The first-order chi connectivity index (χ1) is 15.8. The number of carbonyl (C=O) groups excluding carboxylic acids is 2. The molecule has 0 aliphatic heterocycles. The zero-order valence-electron chi connectivity index (χ0n) is 17.5. The molecule has 1 saturated carbocycles. The zero-order chi connectivity index (χ0) is 23.4. The molecule has 170 valence electrons. The van der Waals surface area contributed by atoms with Crippen molar-refractivity contribution in [2.75, 3.05) is 16.0 Å². The fourth-order valence-corrected chi connectivity index (χ4v) is 3.34. The van der Waals surface area contributed by atoms with E-state index in [1.165, 1.54) is 12.1 Å². The third-order valence-corrected chi connectivity index (χ3v) is 5.26. The van der Waals surface area contributed by atoms with Crippen molar-refractivity contribution in [3.05, 3.63) is 90.0 Å². The third kappa shape index (κ3) is 5.91. The van der Waals surface area contributed by atoms with E-state index in [4.69, 9.17) is 0 Å². The van der Waals surface area contributed by atoms with Gasteiger partial charge in [0.15, 0.2) is 0 Å². The summed E-state index contributed by atoms with van der Waals surface area (Å²) in [5, 5.41) is 8.55. The van der Waals surface area contributed by atoms with E-state index in [1.54, 1.807) is 48.5 Å². The number of alkyl halides is 3. The van der Waals surface area contributed by atoms with Crippen LogP contribution in [-0.4, -0.2) is 11.8 Å². The Hall–Kier alpha value is -3.81. The predicted octanol–water partition coefficient (Wildman–Crippen LogP) is 5.85. The molecule has 0 bridgehead atoms. The number of benzene rings is 3. The Labute approximate surface area is 189 Å². The molecule has 2 amide bonds. The Kier molecular flexibility index (Phi) is 6.35. The highest BCUT2D eigenvalue weighted by atomic mass is 19.4. The summed E-state index contributed by atoms with van der Waals surface area (Å²) in [7, 11) is 0. The number of amides is 2. The van der Waals surface area contributed by atoms with Gasteiger partial charge >= 0.3 is 6.18 Å². The van der Waals surface area contributed by atoms with Gasteiger partial charge in [-0.3, -0.25) is 9.59 Å². The van der Waals surface area contributed by atoms with Crippen LogP contribution in [0.1, 0.15) is 30.0 Å². The van der Waals surface area contributed by atoms with Crippen LogP contribution in [-0.2, 0) is 15.8 Å². The summed E-state index contributed by atoms with van der Waals surface area (Å²) >= 11 is 0. The number of hydrogen-bond donors (Lipinski definition) is 3. The Morgan fingerprint density at radius 3 is 2.09 bits per heavy atom. The monoisotopic (exact) mass is 453 g/mol. The van der Waals surface area contributed by atoms with Crippen LogP contribution in [0.3, 0.4) is 0 Å². The van der Waals surface area contributed by atoms with Crippen molar-refractivity contribution in [2.45, 2.75) is 25.1 Å². The lowest BCUT2D eigenvalue weighted by Gasteiger charge is -2.21. The van der Waals surface area contributed by atoms with Gasteiger partial charge in [0.25, 0.3) is 5.91 Å². The fraction of sp³-hybridized carbons (Fsp3) is 0.200. The second-order valence-electron chi connectivity index (χ2n) is 7.90. The summed E-state index contributed by atoms with van der Waals surface area (Å²) < 4.78 is 39.1. The van der Waals surface area contributed by atoms with E-state index in [-0.39, 0.29) is 17.5 Å². The predicted molar refractivity (Wildman–Crippen MR) is 121 cm³/mol. The molecule has 8 heteroatoms. The zero-order valence-corrected chi connectivity index (χ0v) is 17.5. The molecular formula is C25H22F3N3O2. The lowest BCUT2D eigenvalue weighted by Crippen LogP contribution is -2.27. The Bertz CT molecular complexity index is 1130. The van der Waals surface area contributed by atoms with E-state index >= 15 is 0 Å². The molecule has 1 fully saturated rings. The van der Waals surface area contributed by atoms with Crippen molar-refractivity contribution in [3.8, 4) is 0 Å². The van der Waals surface area contributed by atoms with Gasteiger partial charge in [-0.15, -0.1) is 0 Å². The van der Waals surface area contributed by atoms with Crippen molar-refractivity contribution in [1.29, 1.82) is 0 Å². The maximum Gasteiger partial charge on any atom is 0.416 e. The standard InChI is InChI=1S/C25H22F3N3O2/c26-25(27,28)18-7-4-8-21(15-18)31-24(33)22(16-5-2-1-3-6-16)29-19-11-13-20(14-12-19)30-23(32)17-9-10-17/h1-8,11-15,17,22,29H,9-10H2,(H,30,32)(H,31,33). The van der Waals surface area contributed by atoms with Gasteiger partial charge in [0.05, 0.1) is 5.56 Å². The van der Waals surface area contributed by atoms with Crippen LogP contribution < -0.4 is 16.0 Å². The van der Waals surface area contributed by atoms with Gasteiger partial charge < -0.3 is 16.0 Å². The van der Waals surface area contributed by atoms with Crippen LogP contribution in [0, 0.1) is 5.92 Å². The van der Waals surface area contributed by atoms with E-state index < -0.39 is 23.7 Å². The molecule has 5 nitrogen and oxygen atoms in total. The van der Waals surface area contributed by atoms with Crippen molar-refractivity contribution in [2.24, 2.45) is 5.92 Å². The van der Waals surface area contributed by atoms with Gasteiger partial charge in [0, 0.05) is 23.0 Å². The first-order valence-electron chi connectivity index (χ1n) is 10.5. The maximum atomic E-state index is 13.1. The van der Waals surface area contributed by atoms with E-state index in [1.807, 2.05) is 6.07 Å². The van der Waals surface area contributed by atoms with Crippen molar-refractivity contribution in [1.82, 2.24) is 0 Å². The number of rotatable bonds is 7. The molecule has 0 radical (unpaired) electrons. The van der Waals surface area contributed by atoms with Crippen LogP contribution in [0.2, 0.25) is 0 Å². The van der Waals surface area contributed by atoms with E-state index in [0.29, 0.717) is 16.9 Å². The second-order valence-corrected chi connectivity index (χ2v) is 7.90. The van der Waals surface area contributed by atoms with Crippen molar-refractivity contribution in [3.63, 3.8) is 0 Å². The van der Waals surface area contributed by atoms with Gasteiger partial charge in [-0.05, 0) is 60.9 Å². The van der Waals surface area contributed by atoms with Crippen LogP contribution in [0.5, 0.6) is 0 Å². The Morgan fingerprint density at radius 2 is 1.45 bits per heavy atom. The number of halogens is 3. The quantitative estimate of drug-likeness (QED) is 0.421. The number of anilines is 3. The lowest BCUT2D eigenvalue weighted by molar-refractivity contribution is -0.137. The smallest absolute Gasteiger partial charge is 0.370 e. The second kappa shape index (κ2) is 9.36. The van der Waals surface area contributed by atoms with E-state index in [2.05, 4.69) is 16.0 Å². The average molecular weight is 453 g/mol. The van der Waals surface area contributed by atoms with Crippen LogP contribution in [0.25, 0.3) is 0 Å². The Balaban J connectivity index is 1.51. The normalized spacial score (nSPS) is 14.3. The molecule has 3 N–H and O–H groups in total. The van der Waals surface area contributed by atoms with Crippen molar-refractivity contribution < 1.29 is 22.8 Å². The number of hydrogen-bond acceptors (Lipinski definition) is 3. The van der Waals surface area contributed by atoms with Crippen molar-refractivity contribution >= 4 is 28.9 Å². The first-order valence-corrected chi connectivity index (χ1v) is 10.5. The molecule has 3 aromatic carbocycles. The highest BCUT2D eigenvalue weighted by Gasteiger charge is 2.31. The highest BCUT2D eigenvalue weighted by molar-refractivity contribution is 5.97. The number of nitrogens with one attached hydrogen (secondary N) is 3. The molecule has 3 aromatic rings. The molecule has 0 spiro atoms. The summed E-state index contributed by atoms with van der Waals surface area (Å²) in [4.78, 5) is 25.0. The van der Waals surface area contributed by atoms with E-state index in [0.717, 1.165) is 25.0 Å². The summed E-state index contributed by atoms with van der Waals surface area (Å²) in [5.41, 5.74) is 1.13. The minimum absolute atomic E-state index is 0.00154. The molecule has 4 rings (SSSR count). The molecular weight excluding hydrogens is 431 g/mol. The first kappa shape index (κ1) is 22.4. The summed E-state index contributed by atoms with van der Waals surface area (Å²) in [6.45, 7) is 0. The van der Waals surface area contributed by atoms with Crippen LogP contribution in [0.15, 0.2) is 78.9 Å². The maximum absolute atomic E-state index is 13.1. The van der Waals surface area contributed by atoms with Gasteiger partial charge in [0.1, 0.15) is 6.04 Å². The number of carbonyl (C=O) groups is 2. The molecule has 1 atom stereocenters. The minimum Gasteiger partial charge on any atom is -0.370 e. The summed E-state index contributed by atoms with van der Waals surface area (Å²) in [6, 6.07) is 19.5. The Morgan fingerprint density at radius 1 is 0.788 bits per heavy atom. The van der Waals surface area contributed by atoms with E-state index in [9.17, 15) is 22.8 Å². The SMILES string of the molecule is O=C(Nc1ccc(NC(C(=O)Nc2cccc(C(F)(F)F)c2)c2ccccc2)cc1)C1CC1. The van der Waals surface area contributed by atoms with Crippen LogP contribution >= 0.6 is 0 Å². The van der Waals surface area contributed by atoms with Gasteiger partial charge in [-0.1, -0.05) is 36.4 Å². The molecule has 1 aliphatic carbocycles. The highest BCUT2D eigenvalue weighted by Crippen LogP contribution is 2.32. The molecule has 0 heterocycles.